The molecule has 0 saturated carbocycles. The van der Waals surface area contributed by atoms with Gasteiger partial charge in [0.15, 0.2) is 11.6 Å². The largest absolute Gasteiger partial charge is 0.416 e. The van der Waals surface area contributed by atoms with E-state index in [2.05, 4.69) is 15.1 Å². The monoisotopic (exact) mass is 438 g/mol. The van der Waals surface area contributed by atoms with Crippen LogP contribution in [0.25, 0.3) is 17.1 Å². The van der Waals surface area contributed by atoms with E-state index in [0.29, 0.717) is 42.4 Å². The molecule has 2 aliphatic heterocycles. The van der Waals surface area contributed by atoms with Crippen LogP contribution >= 0.6 is 12.4 Å². The molecule has 11 heteroatoms. The number of alkyl halides is 3. The Kier molecular flexibility index (Phi) is 4.84. The normalized spacial score (nSPS) is 15.3. The number of nitrogens with zero attached hydrogens (tertiary/aromatic N) is 6. The Bertz CT molecular complexity index is 1140. The average molecular weight is 439 g/mol. The summed E-state index contributed by atoms with van der Waals surface area (Å²) in [5.74, 6) is 0.823. The molecule has 0 bridgehead atoms. The minimum atomic E-state index is -4.47. The Morgan fingerprint density at radius 1 is 1.23 bits per heavy atom. The van der Waals surface area contributed by atoms with Gasteiger partial charge in [0.2, 0.25) is 5.91 Å². The van der Waals surface area contributed by atoms with Gasteiger partial charge in [-0.3, -0.25) is 4.79 Å². The van der Waals surface area contributed by atoms with Crippen molar-refractivity contribution in [1.82, 2.24) is 29.2 Å². The molecule has 1 saturated heterocycles. The molecule has 4 heterocycles. The zero-order valence-electron chi connectivity index (χ0n) is 16.0. The summed E-state index contributed by atoms with van der Waals surface area (Å²) in [6.45, 7) is 3.08. The molecule has 0 spiro atoms. The van der Waals surface area contributed by atoms with Crippen molar-refractivity contribution < 1.29 is 18.0 Å². The molecular formula is C19H18ClF3N6O. The SMILES string of the molecule is Cc1ncn2c1Cn1nc(CN3CCCC3=O)nc1-c1cc(C(F)(F)F)ccc1-2.Cl. The smallest absolute Gasteiger partial charge is 0.335 e. The second-order valence-electron chi connectivity index (χ2n) is 7.30. The van der Waals surface area contributed by atoms with Crippen LogP contribution in [0.4, 0.5) is 13.2 Å². The lowest BCUT2D eigenvalue weighted by Crippen LogP contribution is -2.24. The first-order valence-corrected chi connectivity index (χ1v) is 9.27. The first-order chi connectivity index (χ1) is 13.8. The Balaban J connectivity index is 0.00000218. The number of fused-ring (bicyclic) bond motifs is 5. The van der Waals surface area contributed by atoms with Crippen LogP contribution in [0, 0.1) is 6.92 Å². The number of aryl methyl sites for hydroxylation is 1. The second-order valence-corrected chi connectivity index (χ2v) is 7.30. The highest BCUT2D eigenvalue weighted by atomic mass is 35.5. The summed E-state index contributed by atoms with van der Waals surface area (Å²) in [4.78, 5) is 22.4. The van der Waals surface area contributed by atoms with Crippen LogP contribution in [-0.2, 0) is 24.1 Å². The summed E-state index contributed by atoms with van der Waals surface area (Å²) in [5, 5.41) is 4.51. The summed E-state index contributed by atoms with van der Waals surface area (Å²) < 4.78 is 43.4. The number of imidazole rings is 1. The molecule has 2 aromatic heterocycles. The topological polar surface area (TPSA) is 68.8 Å². The molecule has 158 valence electrons. The summed E-state index contributed by atoms with van der Waals surface area (Å²) >= 11 is 0. The van der Waals surface area contributed by atoms with E-state index < -0.39 is 11.7 Å². The summed E-state index contributed by atoms with van der Waals surface area (Å²) in [7, 11) is 0. The van der Waals surface area contributed by atoms with Crippen molar-refractivity contribution in [2.24, 2.45) is 0 Å². The van der Waals surface area contributed by atoms with Crippen LogP contribution in [0.3, 0.4) is 0 Å². The van der Waals surface area contributed by atoms with Gasteiger partial charge in [0, 0.05) is 18.5 Å². The molecule has 0 aliphatic carbocycles. The quantitative estimate of drug-likeness (QED) is 0.481. The summed E-state index contributed by atoms with van der Waals surface area (Å²) in [6.07, 6.45) is -1.57. The number of halogens is 4. The van der Waals surface area contributed by atoms with Gasteiger partial charge in [-0.25, -0.2) is 14.6 Å². The number of carbonyl (C=O) groups excluding carboxylic acids is 1. The van der Waals surface area contributed by atoms with Gasteiger partial charge >= 0.3 is 6.18 Å². The molecule has 30 heavy (non-hydrogen) atoms. The van der Waals surface area contributed by atoms with E-state index in [-0.39, 0.29) is 24.9 Å². The number of hydrogen-bond acceptors (Lipinski definition) is 4. The third kappa shape index (κ3) is 3.24. The van der Waals surface area contributed by atoms with Crippen LogP contribution in [0.5, 0.6) is 0 Å². The lowest BCUT2D eigenvalue weighted by Gasteiger charge is -2.13. The molecule has 0 atom stereocenters. The molecule has 1 fully saturated rings. The van der Waals surface area contributed by atoms with Gasteiger partial charge in [0.1, 0.15) is 0 Å². The van der Waals surface area contributed by atoms with E-state index in [0.717, 1.165) is 29.9 Å². The fraction of sp³-hybridized carbons (Fsp3) is 0.368. The minimum absolute atomic E-state index is 0. The van der Waals surface area contributed by atoms with Gasteiger partial charge in [0.25, 0.3) is 0 Å². The second kappa shape index (κ2) is 7.12. The maximum atomic E-state index is 13.3. The van der Waals surface area contributed by atoms with Crippen molar-refractivity contribution in [1.29, 1.82) is 0 Å². The molecule has 0 unspecified atom stereocenters. The molecule has 1 amide bonds. The van der Waals surface area contributed by atoms with E-state index in [1.807, 2.05) is 6.92 Å². The zero-order chi connectivity index (χ0) is 20.3. The first kappa shape index (κ1) is 20.4. The van der Waals surface area contributed by atoms with Gasteiger partial charge in [0.05, 0.1) is 42.1 Å². The van der Waals surface area contributed by atoms with Crippen molar-refractivity contribution in [3.63, 3.8) is 0 Å². The predicted octanol–water partition coefficient (Wildman–Crippen LogP) is 3.36. The predicted molar refractivity (Wildman–Crippen MR) is 103 cm³/mol. The molecule has 3 aromatic rings. The highest BCUT2D eigenvalue weighted by Crippen LogP contribution is 2.37. The number of benzene rings is 1. The van der Waals surface area contributed by atoms with Gasteiger partial charge in [-0.05, 0) is 31.5 Å². The van der Waals surface area contributed by atoms with Crippen LogP contribution in [0.15, 0.2) is 24.5 Å². The maximum Gasteiger partial charge on any atom is 0.416 e. The Hall–Kier alpha value is -2.88. The van der Waals surface area contributed by atoms with Gasteiger partial charge in [-0.1, -0.05) is 0 Å². The minimum Gasteiger partial charge on any atom is -0.335 e. The van der Waals surface area contributed by atoms with Crippen LogP contribution in [0.1, 0.15) is 35.6 Å². The highest BCUT2D eigenvalue weighted by molar-refractivity contribution is 5.85. The molecule has 7 nitrogen and oxygen atoms in total. The number of carbonyl (C=O) groups is 1. The third-order valence-corrected chi connectivity index (χ3v) is 5.42. The fourth-order valence-corrected chi connectivity index (χ4v) is 3.91. The Morgan fingerprint density at radius 2 is 2.03 bits per heavy atom. The standard InChI is InChI=1S/C19H17F3N6O.ClH/c1-11-15-8-28-18(24-16(25-28)9-26-6-2-3-17(26)29)13-7-12(19(20,21)22)4-5-14(13)27(15)10-23-11;/h4-5,7,10H,2-3,6,8-9H2,1H3;1H. The van der Waals surface area contributed by atoms with Crippen molar-refractivity contribution in [3.05, 3.63) is 47.3 Å². The van der Waals surface area contributed by atoms with Gasteiger partial charge in [-0.15, -0.1) is 12.4 Å². The number of aromatic nitrogens is 5. The van der Waals surface area contributed by atoms with Crippen LogP contribution in [-0.4, -0.2) is 41.7 Å². The van der Waals surface area contributed by atoms with E-state index in [4.69, 9.17) is 0 Å². The molecule has 1 aromatic carbocycles. The van der Waals surface area contributed by atoms with Gasteiger partial charge in [-0.2, -0.15) is 18.3 Å². The summed E-state index contributed by atoms with van der Waals surface area (Å²) in [5.41, 5.74) is 1.77. The lowest BCUT2D eigenvalue weighted by molar-refractivity contribution is -0.137. The zero-order valence-corrected chi connectivity index (χ0v) is 16.8. The number of hydrogen-bond donors (Lipinski definition) is 0. The molecule has 0 radical (unpaired) electrons. The Labute approximate surface area is 175 Å². The van der Waals surface area contributed by atoms with Crippen LogP contribution in [0.2, 0.25) is 0 Å². The van der Waals surface area contributed by atoms with Crippen molar-refractivity contribution >= 4 is 18.3 Å². The van der Waals surface area contributed by atoms with E-state index in [9.17, 15) is 18.0 Å². The number of rotatable bonds is 2. The molecule has 0 N–H and O–H groups in total. The lowest BCUT2D eigenvalue weighted by atomic mass is 10.1. The number of likely N-dealkylation sites (tertiary alicyclic amines) is 1. The average Bonchev–Trinajstić information content (AvgIpc) is 3.33. The van der Waals surface area contributed by atoms with Crippen molar-refractivity contribution in [3.8, 4) is 17.1 Å². The first-order valence-electron chi connectivity index (χ1n) is 9.27. The van der Waals surface area contributed by atoms with E-state index in [1.54, 1.807) is 20.5 Å². The van der Waals surface area contributed by atoms with Crippen LogP contribution < -0.4 is 0 Å². The fourth-order valence-electron chi connectivity index (χ4n) is 3.91. The van der Waals surface area contributed by atoms with Crippen molar-refractivity contribution in [2.75, 3.05) is 6.54 Å². The van der Waals surface area contributed by atoms with Gasteiger partial charge < -0.3 is 9.47 Å². The summed E-state index contributed by atoms with van der Waals surface area (Å²) in [6, 6.07) is 3.61. The third-order valence-electron chi connectivity index (χ3n) is 5.42. The van der Waals surface area contributed by atoms with Crippen molar-refractivity contribution in [2.45, 2.75) is 39.0 Å². The maximum absolute atomic E-state index is 13.3. The van der Waals surface area contributed by atoms with E-state index >= 15 is 0 Å². The molecule has 5 rings (SSSR count). The molecular weight excluding hydrogens is 421 g/mol. The number of amides is 1. The Morgan fingerprint density at radius 3 is 2.73 bits per heavy atom. The highest BCUT2D eigenvalue weighted by Gasteiger charge is 2.33. The molecule has 2 aliphatic rings. The van der Waals surface area contributed by atoms with E-state index in [1.165, 1.54) is 6.07 Å².